The number of amides is 2. The maximum absolute atomic E-state index is 13.7. The Labute approximate surface area is 232 Å². The van der Waals surface area contributed by atoms with E-state index in [0.29, 0.717) is 30.8 Å². The lowest BCUT2D eigenvalue weighted by atomic mass is 9.84. The van der Waals surface area contributed by atoms with Gasteiger partial charge in [-0.05, 0) is 73.8 Å². The summed E-state index contributed by atoms with van der Waals surface area (Å²) in [6.45, 7) is 4.96. The average Bonchev–Trinajstić information content (AvgIpc) is 3.43. The van der Waals surface area contributed by atoms with Gasteiger partial charge in [-0.2, -0.15) is 0 Å². The van der Waals surface area contributed by atoms with Gasteiger partial charge >= 0.3 is 0 Å². The number of nitrogens with one attached hydrogen (secondary N) is 1. The van der Waals surface area contributed by atoms with Crippen molar-refractivity contribution in [2.45, 2.75) is 70.5 Å². The van der Waals surface area contributed by atoms with E-state index in [1.807, 2.05) is 34.1 Å². The van der Waals surface area contributed by atoms with Crippen LogP contribution in [0.2, 0.25) is 0 Å². The monoisotopic (exact) mass is 530 g/mol. The number of hydrogen-bond donors (Lipinski definition) is 3. The van der Waals surface area contributed by atoms with Crippen LogP contribution in [0.5, 0.6) is 0 Å². The molecule has 2 heterocycles. The molecule has 1 fully saturated rings. The molecule has 3 aliphatic carbocycles. The lowest BCUT2D eigenvalue weighted by Gasteiger charge is -2.28. The highest BCUT2D eigenvalue weighted by Crippen LogP contribution is 2.34. The molecule has 39 heavy (non-hydrogen) atoms. The highest BCUT2D eigenvalue weighted by Gasteiger charge is 2.31. The number of allylic oxidation sites excluding steroid dienone is 8. The van der Waals surface area contributed by atoms with Crippen molar-refractivity contribution in [3.8, 4) is 0 Å². The molecule has 7 heteroatoms. The van der Waals surface area contributed by atoms with Gasteiger partial charge in [-0.25, -0.2) is 0 Å². The van der Waals surface area contributed by atoms with Crippen molar-refractivity contribution in [3.05, 3.63) is 82.2 Å². The summed E-state index contributed by atoms with van der Waals surface area (Å²) in [5.74, 6) is 0.472. The lowest BCUT2D eigenvalue weighted by molar-refractivity contribution is -0.128. The van der Waals surface area contributed by atoms with E-state index in [0.717, 1.165) is 69.2 Å². The summed E-state index contributed by atoms with van der Waals surface area (Å²) in [6, 6.07) is 0.0397. The summed E-state index contributed by atoms with van der Waals surface area (Å²) >= 11 is 0. The fourth-order valence-corrected chi connectivity index (χ4v) is 6.28. The van der Waals surface area contributed by atoms with Crippen LogP contribution < -0.4 is 11.1 Å². The molecule has 2 aliphatic heterocycles. The number of aliphatic hydroxyl groups is 1. The SMILES string of the molecule is CCCN(CC1CC=CC=C1O)C(=O)C1=CC2=CC=C(C3=CC=C(C(=O)N4CCCC4)CC3)CC2NC(N)C1. The minimum atomic E-state index is -0.324. The molecule has 1 saturated heterocycles. The largest absolute Gasteiger partial charge is 0.512 e. The zero-order valence-corrected chi connectivity index (χ0v) is 23.1. The predicted octanol–water partition coefficient (Wildman–Crippen LogP) is 4.34. The minimum absolute atomic E-state index is 0.00287. The summed E-state index contributed by atoms with van der Waals surface area (Å²) in [7, 11) is 0. The van der Waals surface area contributed by atoms with Crippen molar-refractivity contribution in [1.82, 2.24) is 15.1 Å². The van der Waals surface area contributed by atoms with Crippen molar-refractivity contribution >= 4 is 11.8 Å². The molecular weight excluding hydrogens is 488 g/mol. The van der Waals surface area contributed by atoms with Gasteiger partial charge in [0.15, 0.2) is 0 Å². The summed E-state index contributed by atoms with van der Waals surface area (Å²) in [5, 5.41) is 13.9. The molecule has 208 valence electrons. The van der Waals surface area contributed by atoms with E-state index >= 15 is 0 Å². The van der Waals surface area contributed by atoms with Gasteiger partial charge in [0.05, 0.1) is 11.9 Å². The second-order valence-corrected chi connectivity index (χ2v) is 11.3. The van der Waals surface area contributed by atoms with E-state index < -0.39 is 0 Å². The summed E-state index contributed by atoms with van der Waals surface area (Å²) in [6.07, 6.45) is 22.4. The van der Waals surface area contributed by atoms with Gasteiger partial charge in [-0.15, -0.1) is 0 Å². The molecule has 4 N–H and O–H groups in total. The molecule has 3 atom stereocenters. The first-order valence-electron chi connectivity index (χ1n) is 14.6. The molecule has 0 spiro atoms. The standard InChI is InChI=1S/C32H42N4O3/c1-2-15-36(21-26-7-3-4-8-29(26)37)32(39)27-18-25-14-13-24(19-28(25)34-30(33)20-27)22-9-11-23(12-10-22)31(38)35-16-5-6-17-35/h3-4,8-9,11,13-14,18,26,28,30,34,37H,2,5-7,10,12,15-17,19-21,33H2,1H3. The molecule has 2 amide bonds. The van der Waals surface area contributed by atoms with Crippen molar-refractivity contribution in [2.24, 2.45) is 11.7 Å². The number of nitrogens with two attached hydrogens (primary N) is 1. The maximum Gasteiger partial charge on any atom is 0.249 e. The summed E-state index contributed by atoms with van der Waals surface area (Å²) in [5.41, 5.74) is 11.7. The van der Waals surface area contributed by atoms with Gasteiger partial charge in [0, 0.05) is 55.7 Å². The third-order valence-corrected chi connectivity index (χ3v) is 8.47. The smallest absolute Gasteiger partial charge is 0.249 e. The first kappa shape index (κ1) is 27.4. The number of rotatable bonds is 7. The molecule has 0 saturated carbocycles. The van der Waals surface area contributed by atoms with Crippen LogP contribution in [0.25, 0.3) is 0 Å². The van der Waals surface area contributed by atoms with Crippen molar-refractivity contribution in [2.75, 3.05) is 26.2 Å². The van der Waals surface area contributed by atoms with Gasteiger partial charge < -0.3 is 20.6 Å². The summed E-state index contributed by atoms with van der Waals surface area (Å²) in [4.78, 5) is 30.3. The highest BCUT2D eigenvalue weighted by molar-refractivity contribution is 5.95. The van der Waals surface area contributed by atoms with Crippen LogP contribution in [0.3, 0.4) is 0 Å². The predicted molar refractivity (Wildman–Crippen MR) is 154 cm³/mol. The molecule has 0 bridgehead atoms. The molecule has 7 nitrogen and oxygen atoms in total. The average molecular weight is 531 g/mol. The third kappa shape index (κ3) is 6.36. The van der Waals surface area contributed by atoms with Crippen LogP contribution in [-0.4, -0.2) is 65.1 Å². The van der Waals surface area contributed by atoms with E-state index in [4.69, 9.17) is 5.73 Å². The van der Waals surface area contributed by atoms with Crippen LogP contribution in [0.4, 0.5) is 0 Å². The Balaban J connectivity index is 1.32. The zero-order chi connectivity index (χ0) is 27.4. The van der Waals surface area contributed by atoms with E-state index in [-0.39, 0.29) is 29.9 Å². The first-order chi connectivity index (χ1) is 18.9. The Morgan fingerprint density at radius 2 is 1.85 bits per heavy atom. The molecular formula is C32H42N4O3. The van der Waals surface area contributed by atoms with Gasteiger partial charge in [0.2, 0.25) is 11.8 Å². The number of carbonyl (C=O) groups is 2. The van der Waals surface area contributed by atoms with E-state index in [1.165, 1.54) is 11.1 Å². The van der Waals surface area contributed by atoms with Gasteiger partial charge in [0.25, 0.3) is 0 Å². The molecule has 0 aromatic rings. The topological polar surface area (TPSA) is 98.9 Å². The number of likely N-dealkylation sites (tertiary alicyclic amines) is 1. The highest BCUT2D eigenvalue weighted by atomic mass is 16.3. The van der Waals surface area contributed by atoms with Crippen LogP contribution in [-0.2, 0) is 9.59 Å². The Morgan fingerprint density at radius 1 is 1.05 bits per heavy atom. The van der Waals surface area contributed by atoms with E-state index in [2.05, 4.69) is 30.5 Å². The van der Waals surface area contributed by atoms with Gasteiger partial charge in [-0.3, -0.25) is 14.9 Å². The van der Waals surface area contributed by atoms with E-state index in [1.54, 1.807) is 6.08 Å². The fourth-order valence-electron chi connectivity index (χ4n) is 6.28. The van der Waals surface area contributed by atoms with Gasteiger partial charge in [0.1, 0.15) is 0 Å². The Bertz CT molecular complexity index is 1200. The second kappa shape index (κ2) is 12.3. The van der Waals surface area contributed by atoms with E-state index in [9.17, 15) is 14.7 Å². The number of carbonyl (C=O) groups excluding carboxylic acids is 2. The lowest BCUT2D eigenvalue weighted by Crippen LogP contribution is -2.45. The number of aliphatic hydroxyl groups excluding tert-OH is 1. The number of hydrogen-bond acceptors (Lipinski definition) is 5. The Morgan fingerprint density at radius 3 is 2.56 bits per heavy atom. The zero-order valence-electron chi connectivity index (χ0n) is 23.1. The number of fused-ring (bicyclic) bond motifs is 1. The molecule has 5 rings (SSSR count). The molecule has 0 aromatic carbocycles. The summed E-state index contributed by atoms with van der Waals surface area (Å²) < 4.78 is 0. The fraction of sp³-hybridized carbons (Fsp3) is 0.500. The first-order valence-corrected chi connectivity index (χ1v) is 14.6. The van der Waals surface area contributed by atoms with Crippen molar-refractivity contribution in [3.63, 3.8) is 0 Å². The van der Waals surface area contributed by atoms with Crippen LogP contribution in [0, 0.1) is 5.92 Å². The number of nitrogens with zero attached hydrogens (tertiary/aromatic N) is 2. The maximum atomic E-state index is 13.7. The van der Waals surface area contributed by atoms with Crippen LogP contribution in [0.1, 0.15) is 58.3 Å². The quantitative estimate of drug-likeness (QED) is 0.455. The Hall–Kier alpha value is -3.16. The van der Waals surface area contributed by atoms with Crippen LogP contribution >= 0.6 is 0 Å². The third-order valence-electron chi connectivity index (χ3n) is 8.47. The Kier molecular flexibility index (Phi) is 8.68. The molecule has 0 aromatic heterocycles. The molecule has 5 aliphatic rings. The minimum Gasteiger partial charge on any atom is -0.512 e. The van der Waals surface area contributed by atoms with Crippen LogP contribution in [0.15, 0.2) is 82.2 Å². The van der Waals surface area contributed by atoms with Gasteiger partial charge in [-0.1, -0.05) is 43.4 Å². The second-order valence-electron chi connectivity index (χ2n) is 11.3. The molecule has 3 unspecified atom stereocenters. The van der Waals surface area contributed by atoms with Crippen molar-refractivity contribution in [1.29, 1.82) is 0 Å². The van der Waals surface area contributed by atoms with Crippen molar-refractivity contribution < 1.29 is 14.7 Å². The normalized spacial score (nSPS) is 26.8. The molecule has 0 radical (unpaired) electrons.